The van der Waals surface area contributed by atoms with Crippen molar-refractivity contribution in [2.45, 2.75) is 6.42 Å². The highest BCUT2D eigenvalue weighted by Crippen LogP contribution is 2.41. The average Bonchev–Trinajstić information content (AvgIpc) is 2.92. The molecule has 0 fully saturated rings. The van der Waals surface area contributed by atoms with E-state index in [2.05, 4.69) is 36.8 Å². The monoisotopic (exact) mass is 524 g/mol. The summed E-state index contributed by atoms with van der Waals surface area (Å²) in [5, 5.41) is 0. The zero-order valence-corrected chi connectivity index (χ0v) is 19.6. The molecule has 0 aliphatic heterocycles. The molecule has 1 N–H and O–H groups in total. The first-order valence-electron chi connectivity index (χ1n) is 8.00. The molecule has 2 aromatic rings. The lowest BCUT2D eigenvalue weighted by Gasteiger charge is -2.10. The van der Waals surface area contributed by atoms with E-state index in [0.717, 1.165) is 24.1 Å². The topological polar surface area (TPSA) is 63.8 Å². The van der Waals surface area contributed by atoms with E-state index in [0.29, 0.717) is 32.9 Å². The first-order valence-corrected chi connectivity index (χ1v) is 9.58. The molecule has 0 aliphatic carbocycles. The number of carbonyl (C=O) groups excluding carboxylic acids is 1. The predicted molar refractivity (Wildman–Crippen MR) is 115 cm³/mol. The van der Waals surface area contributed by atoms with Gasteiger partial charge in [0.05, 0.1) is 29.9 Å². The Morgan fingerprint density at radius 3 is 2.41 bits per heavy atom. The Morgan fingerprint density at radius 2 is 1.81 bits per heavy atom. The van der Waals surface area contributed by atoms with Crippen LogP contribution in [0.15, 0.2) is 27.3 Å². The number of H-pyrrole nitrogens is 1. The van der Waals surface area contributed by atoms with Gasteiger partial charge in [-0.3, -0.25) is 0 Å². The van der Waals surface area contributed by atoms with Crippen LogP contribution in [0.4, 0.5) is 0 Å². The van der Waals surface area contributed by atoms with Crippen molar-refractivity contribution < 1.29 is 19.0 Å². The maximum atomic E-state index is 12.4. The Kier molecular flexibility index (Phi) is 9.66. The largest absolute Gasteiger partial charge is 0.493 e. The lowest BCUT2D eigenvalue weighted by atomic mass is 10.1. The van der Waals surface area contributed by atoms with Crippen molar-refractivity contribution in [1.29, 1.82) is 0 Å². The van der Waals surface area contributed by atoms with Crippen LogP contribution >= 0.6 is 44.3 Å². The molecule has 2 rings (SSSR count). The lowest BCUT2D eigenvalue weighted by Crippen LogP contribution is -2.16. The molecule has 150 valence electrons. The second-order valence-corrected chi connectivity index (χ2v) is 7.45. The zero-order valence-electron chi connectivity index (χ0n) is 15.6. The van der Waals surface area contributed by atoms with Crippen molar-refractivity contribution >= 4 is 50.2 Å². The highest BCUT2D eigenvalue weighted by atomic mass is 79.9. The maximum Gasteiger partial charge on any atom is 0.355 e. The molecule has 0 bridgehead atoms. The number of halogens is 3. The van der Waals surface area contributed by atoms with E-state index in [1.54, 1.807) is 14.2 Å². The molecule has 0 saturated carbocycles. The SMILES string of the molecule is COc1ccc(-c2c(Br)[nH]c(C(=O)OCCCN(C)C)c2Br)cc1OC.Cl. The van der Waals surface area contributed by atoms with Crippen molar-refractivity contribution in [3.05, 3.63) is 33.0 Å². The molecule has 1 aromatic heterocycles. The number of methoxy groups -OCH3 is 2. The summed E-state index contributed by atoms with van der Waals surface area (Å²) in [6.07, 6.45) is 0.779. The van der Waals surface area contributed by atoms with Crippen LogP contribution in [0.5, 0.6) is 11.5 Å². The summed E-state index contributed by atoms with van der Waals surface area (Å²) >= 11 is 7.00. The van der Waals surface area contributed by atoms with Crippen LogP contribution in [-0.2, 0) is 4.74 Å². The number of aromatic nitrogens is 1. The fraction of sp³-hybridized carbons (Fsp3) is 0.389. The van der Waals surface area contributed by atoms with Gasteiger partial charge in [-0.2, -0.15) is 0 Å². The average molecular weight is 527 g/mol. The van der Waals surface area contributed by atoms with E-state index >= 15 is 0 Å². The van der Waals surface area contributed by atoms with Crippen LogP contribution in [0.25, 0.3) is 11.1 Å². The van der Waals surface area contributed by atoms with E-state index < -0.39 is 5.97 Å². The van der Waals surface area contributed by atoms with E-state index in [4.69, 9.17) is 14.2 Å². The molecule has 0 atom stereocenters. The Balaban J connectivity index is 0.00000364. The second-order valence-electron chi connectivity index (χ2n) is 5.87. The first kappa shape index (κ1) is 23.8. The normalized spacial score (nSPS) is 10.5. The molecular weight excluding hydrogens is 503 g/mol. The van der Waals surface area contributed by atoms with Crippen molar-refractivity contribution in [2.24, 2.45) is 0 Å². The Labute approximate surface area is 182 Å². The number of hydrogen-bond donors (Lipinski definition) is 1. The van der Waals surface area contributed by atoms with Crippen LogP contribution in [0.1, 0.15) is 16.9 Å². The minimum atomic E-state index is -0.400. The number of ether oxygens (including phenoxy) is 3. The molecule has 9 heteroatoms. The molecule has 0 saturated heterocycles. The molecular formula is C18H23Br2ClN2O4. The van der Waals surface area contributed by atoms with E-state index in [1.807, 2.05) is 37.2 Å². The number of benzene rings is 1. The molecule has 0 unspecified atom stereocenters. The minimum Gasteiger partial charge on any atom is -0.493 e. The third-order valence-electron chi connectivity index (χ3n) is 3.75. The lowest BCUT2D eigenvalue weighted by molar-refractivity contribution is 0.0486. The highest BCUT2D eigenvalue weighted by Gasteiger charge is 2.22. The fourth-order valence-corrected chi connectivity index (χ4v) is 4.03. The molecule has 1 aromatic carbocycles. The van der Waals surface area contributed by atoms with Crippen LogP contribution in [-0.4, -0.2) is 57.3 Å². The third-order valence-corrected chi connectivity index (χ3v) is 5.14. The summed E-state index contributed by atoms with van der Waals surface area (Å²) < 4.78 is 17.3. The maximum absolute atomic E-state index is 12.4. The second kappa shape index (κ2) is 10.9. The van der Waals surface area contributed by atoms with Crippen LogP contribution in [0, 0.1) is 0 Å². The van der Waals surface area contributed by atoms with Crippen molar-refractivity contribution in [1.82, 2.24) is 9.88 Å². The molecule has 27 heavy (non-hydrogen) atoms. The van der Waals surface area contributed by atoms with Crippen LogP contribution in [0.3, 0.4) is 0 Å². The fourth-order valence-electron chi connectivity index (χ4n) is 2.45. The Morgan fingerprint density at radius 1 is 1.15 bits per heavy atom. The van der Waals surface area contributed by atoms with Crippen molar-refractivity contribution in [2.75, 3.05) is 41.5 Å². The van der Waals surface area contributed by atoms with E-state index in [-0.39, 0.29) is 12.4 Å². The molecule has 1 heterocycles. The Hall–Kier alpha value is -1.22. The van der Waals surface area contributed by atoms with Gasteiger partial charge in [0, 0.05) is 12.1 Å². The van der Waals surface area contributed by atoms with Crippen molar-refractivity contribution in [3.8, 4) is 22.6 Å². The van der Waals surface area contributed by atoms with Gasteiger partial charge in [-0.1, -0.05) is 6.07 Å². The zero-order chi connectivity index (χ0) is 19.3. The van der Waals surface area contributed by atoms with Gasteiger partial charge in [0.25, 0.3) is 0 Å². The number of nitrogens with zero attached hydrogens (tertiary/aromatic N) is 1. The number of aromatic amines is 1. The first-order chi connectivity index (χ1) is 12.4. The predicted octanol–water partition coefficient (Wildman–Crippen LogP) is 4.75. The standard InChI is InChI=1S/C18H22Br2N2O4.ClH/c1-22(2)8-5-9-26-18(23)16-15(19)14(17(20)21-16)11-6-7-12(24-3)13(10-11)25-4;/h6-7,10,21H,5,8-9H2,1-4H3;1H. The van der Waals surface area contributed by atoms with Crippen LogP contribution < -0.4 is 9.47 Å². The quantitative estimate of drug-likeness (QED) is 0.397. The minimum absolute atomic E-state index is 0. The summed E-state index contributed by atoms with van der Waals surface area (Å²) in [6, 6.07) is 5.56. The van der Waals surface area contributed by atoms with Gasteiger partial charge in [0.2, 0.25) is 0 Å². The van der Waals surface area contributed by atoms with Crippen LogP contribution in [0.2, 0.25) is 0 Å². The van der Waals surface area contributed by atoms with Gasteiger partial charge >= 0.3 is 5.97 Å². The summed E-state index contributed by atoms with van der Waals surface area (Å²) in [5.41, 5.74) is 2.04. The summed E-state index contributed by atoms with van der Waals surface area (Å²) in [6.45, 7) is 1.23. The molecule has 6 nitrogen and oxygen atoms in total. The van der Waals surface area contributed by atoms with Gasteiger partial charge in [-0.05, 0) is 70.1 Å². The molecule has 0 radical (unpaired) electrons. The summed E-state index contributed by atoms with van der Waals surface area (Å²) in [7, 11) is 7.13. The Bertz CT molecular complexity index is 781. The summed E-state index contributed by atoms with van der Waals surface area (Å²) in [5.74, 6) is 0.848. The molecule has 0 spiro atoms. The third kappa shape index (κ3) is 5.88. The molecule has 0 aliphatic rings. The van der Waals surface area contributed by atoms with Crippen molar-refractivity contribution in [3.63, 3.8) is 0 Å². The van der Waals surface area contributed by atoms with Gasteiger partial charge in [-0.25, -0.2) is 4.79 Å². The highest BCUT2D eigenvalue weighted by molar-refractivity contribution is 9.11. The molecule has 0 amide bonds. The van der Waals surface area contributed by atoms with E-state index in [9.17, 15) is 4.79 Å². The van der Waals surface area contributed by atoms with Gasteiger partial charge in [0.1, 0.15) is 5.69 Å². The smallest absolute Gasteiger partial charge is 0.355 e. The number of rotatable bonds is 8. The number of esters is 1. The number of carbonyl (C=O) groups is 1. The van der Waals surface area contributed by atoms with Gasteiger partial charge < -0.3 is 24.1 Å². The van der Waals surface area contributed by atoms with Gasteiger partial charge in [-0.15, -0.1) is 12.4 Å². The number of nitrogens with one attached hydrogen (secondary N) is 1. The van der Waals surface area contributed by atoms with E-state index in [1.165, 1.54) is 0 Å². The van der Waals surface area contributed by atoms with Gasteiger partial charge in [0.15, 0.2) is 11.5 Å². The number of hydrogen-bond acceptors (Lipinski definition) is 5. The summed E-state index contributed by atoms with van der Waals surface area (Å²) in [4.78, 5) is 17.5.